The SMILES string of the molecule is C#CC(C)(C)Nc1nccn(C(C)C)c1=O. The van der Waals surface area contributed by atoms with Crippen molar-refractivity contribution in [3.8, 4) is 12.3 Å². The van der Waals surface area contributed by atoms with Gasteiger partial charge in [-0.3, -0.25) is 4.79 Å². The third-order valence-corrected chi connectivity index (χ3v) is 2.22. The fraction of sp³-hybridized carbons (Fsp3) is 0.500. The lowest BCUT2D eigenvalue weighted by molar-refractivity contribution is 0.573. The van der Waals surface area contributed by atoms with Gasteiger partial charge in [-0.2, -0.15) is 0 Å². The Morgan fingerprint density at radius 3 is 2.69 bits per heavy atom. The summed E-state index contributed by atoms with van der Waals surface area (Å²) >= 11 is 0. The molecule has 0 amide bonds. The molecule has 0 bridgehead atoms. The van der Waals surface area contributed by atoms with Gasteiger partial charge in [0.2, 0.25) is 0 Å². The van der Waals surface area contributed by atoms with Gasteiger partial charge in [0.05, 0.1) is 5.54 Å². The molecule has 1 rings (SSSR count). The highest BCUT2D eigenvalue weighted by atomic mass is 16.1. The van der Waals surface area contributed by atoms with E-state index in [0.29, 0.717) is 5.82 Å². The lowest BCUT2D eigenvalue weighted by Crippen LogP contribution is -2.34. The van der Waals surface area contributed by atoms with Gasteiger partial charge in [-0.15, -0.1) is 6.42 Å². The zero-order valence-electron chi connectivity index (χ0n) is 10.1. The number of hydrogen-bond donors (Lipinski definition) is 1. The predicted octanol–water partition coefficient (Wildman–Crippen LogP) is 1.65. The Hall–Kier alpha value is -1.76. The molecule has 4 heteroatoms. The van der Waals surface area contributed by atoms with Crippen LogP contribution in [-0.2, 0) is 0 Å². The lowest BCUT2D eigenvalue weighted by atomic mass is 10.1. The van der Waals surface area contributed by atoms with Crippen LogP contribution in [0.15, 0.2) is 17.2 Å². The average Bonchev–Trinajstić information content (AvgIpc) is 2.20. The molecule has 1 aromatic heterocycles. The zero-order valence-corrected chi connectivity index (χ0v) is 10.1. The van der Waals surface area contributed by atoms with Crippen LogP contribution < -0.4 is 10.9 Å². The van der Waals surface area contributed by atoms with E-state index >= 15 is 0 Å². The van der Waals surface area contributed by atoms with Gasteiger partial charge in [0.25, 0.3) is 5.56 Å². The van der Waals surface area contributed by atoms with E-state index in [1.807, 2.05) is 27.7 Å². The molecule has 0 atom stereocenters. The number of aromatic nitrogens is 2. The van der Waals surface area contributed by atoms with Crippen LogP contribution in [0.3, 0.4) is 0 Å². The quantitative estimate of drug-likeness (QED) is 0.786. The van der Waals surface area contributed by atoms with E-state index in [1.165, 1.54) is 0 Å². The molecule has 0 aliphatic carbocycles. The zero-order chi connectivity index (χ0) is 12.3. The van der Waals surface area contributed by atoms with Crippen LogP contribution in [0.25, 0.3) is 0 Å². The van der Waals surface area contributed by atoms with Gasteiger partial charge in [0.15, 0.2) is 5.82 Å². The molecule has 1 N–H and O–H groups in total. The van der Waals surface area contributed by atoms with Crippen molar-refractivity contribution in [3.05, 3.63) is 22.7 Å². The van der Waals surface area contributed by atoms with E-state index in [2.05, 4.69) is 16.2 Å². The van der Waals surface area contributed by atoms with Crippen molar-refractivity contribution in [1.29, 1.82) is 0 Å². The van der Waals surface area contributed by atoms with E-state index in [1.54, 1.807) is 17.0 Å². The molecule has 0 saturated heterocycles. The highest BCUT2D eigenvalue weighted by Gasteiger charge is 2.17. The Balaban J connectivity index is 3.14. The third kappa shape index (κ3) is 2.63. The number of rotatable bonds is 3. The van der Waals surface area contributed by atoms with Crippen LogP contribution in [0, 0.1) is 12.3 Å². The standard InChI is InChI=1S/C12H17N3O/c1-6-12(4,5)14-10-11(16)15(9(2)3)8-7-13-10/h1,7-9H,2-5H3,(H,13,14). The number of nitrogens with zero attached hydrogens (tertiary/aromatic N) is 2. The Morgan fingerprint density at radius 2 is 2.19 bits per heavy atom. The van der Waals surface area contributed by atoms with Crippen molar-refractivity contribution >= 4 is 5.82 Å². The van der Waals surface area contributed by atoms with Crippen LogP contribution in [-0.4, -0.2) is 15.1 Å². The molecular weight excluding hydrogens is 202 g/mol. The molecule has 0 aliphatic rings. The molecule has 0 saturated carbocycles. The number of anilines is 1. The smallest absolute Gasteiger partial charge is 0.293 e. The van der Waals surface area contributed by atoms with Crippen molar-refractivity contribution in [2.45, 2.75) is 39.3 Å². The monoisotopic (exact) mass is 219 g/mol. The molecule has 16 heavy (non-hydrogen) atoms. The molecule has 0 radical (unpaired) electrons. The van der Waals surface area contributed by atoms with E-state index in [0.717, 1.165) is 0 Å². The maximum atomic E-state index is 12.0. The largest absolute Gasteiger partial charge is 0.350 e. The second-order valence-electron chi connectivity index (χ2n) is 4.48. The van der Waals surface area contributed by atoms with Crippen LogP contribution >= 0.6 is 0 Å². The Bertz CT molecular complexity index is 466. The molecule has 1 aromatic rings. The minimum absolute atomic E-state index is 0.102. The first-order chi connectivity index (χ1) is 7.37. The van der Waals surface area contributed by atoms with Gasteiger partial charge in [0.1, 0.15) is 0 Å². The van der Waals surface area contributed by atoms with Gasteiger partial charge in [-0.1, -0.05) is 5.92 Å². The summed E-state index contributed by atoms with van der Waals surface area (Å²) in [6.07, 6.45) is 8.61. The van der Waals surface area contributed by atoms with Crippen molar-refractivity contribution in [2.24, 2.45) is 0 Å². The molecule has 1 heterocycles. The maximum Gasteiger partial charge on any atom is 0.293 e. The van der Waals surface area contributed by atoms with Crippen LogP contribution in [0.5, 0.6) is 0 Å². The lowest BCUT2D eigenvalue weighted by Gasteiger charge is -2.20. The molecule has 86 valence electrons. The van der Waals surface area contributed by atoms with Gasteiger partial charge in [-0.25, -0.2) is 4.98 Å². The molecule has 0 aromatic carbocycles. The topological polar surface area (TPSA) is 46.9 Å². The minimum atomic E-state index is -0.581. The van der Waals surface area contributed by atoms with E-state index in [-0.39, 0.29) is 11.6 Å². The third-order valence-electron chi connectivity index (χ3n) is 2.22. The number of nitrogens with one attached hydrogen (secondary N) is 1. The Kier molecular flexibility index (Phi) is 3.38. The van der Waals surface area contributed by atoms with Crippen LogP contribution in [0.2, 0.25) is 0 Å². The summed E-state index contributed by atoms with van der Waals surface area (Å²) in [6, 6.07) is 0.102. The highest BCUT2D eigenvalue weighted by Crippen LogP contribution is 2.08. The summed E-state index contributed by atoms with van der Waals surface area (Å²) < 4.78 is 1.61. The molecular formula is C12H17N3O. The van der Waals surface area contributed by atoms with Crippen molar-refractivity contribution < 1.29 is 0 Å². The normalized spacial score (nSPS) is 11.2. The second kappa shape index (κ2) is 4.40. The predicted molar refractivity (Wildman–Crippen MR) is 65.4 cm³/mol. The van der Waals surface area contributed by atoms with Gasteiger partial charge in [0, 0.05) is 18.4 Å². The summed E-state index contributed by atoms with van der Waals surface area (Å²) in [5, 5.41) is 2.95. The first kappa shape index (κ1) is 12.3. The molecule has 0 aliphatic heterocycles. The van der Waals surface area contributed by atoms with Crippen LogP contribution in [0.1, 0.15) is 33.7 Å². The summed E-state index contributed by atoms with van der Waals surface area (Å²) in [7, 11) is 0. The molecule has 4 nitrogen and oxygen atoms in total. The molecule has 0 unspecified atom stereocenters. The summed E-state index contributed by atoms with van der Waals surface area (Å²) in [5.41, 5.74) is -0.733. The average molecular weight is 219 g/mol. The summed E-state index contributed by atoms with van der Waals surface area (Å²) in [5.74, 6) is 2.86. The van der Waals surface area contributed by atoms with Crippen molar-refractivity contribution in [2.75, 3.05) is 5.32 Å². The fourth-order valence-electron chi connectivity index (χ4n) is 1.25. The Morgan fingerprint density at radius 1 is 1.56 bits per heavy atom. The van der Waals surface area contributed by atoms with Crippen molar-refractivity contribution in [1.82, 2.24) is 9.55 Å². The van der Waals surface area contributed by atoms with E-state index < -0.39 is 5.54 Å². The fourth-order valence-corrected chi connectivity index (χ4v) is 1.25. The molecule has 0 spiro atoms. The molecule has 0 fully saturated rings. The minimum Gasteiger partial charge on any atom is -0.350 e. The van der Waals surface area contributed by atoms with Gasteiger partial charge >= 0.3 is 0 Å². The van der Waals surface area contributed by atoms with Gasteiger partial charge in [-0.05, 0) is 27.7 Å². The van der Waals surface area contributed by atoms with Crippen LogP contribution in [0.4, 0.5) is 5.82 Å². The summed E-state index contributed by atoms with van der Waals surface area (Å²) in [6.45, 7) is 7.52. The van der Waals surface area contributed by atoms with Crippen molar-refractivity contribution in [3.63, 3.8) is 0 Å². The van der Waals surface area contributed by atoms with E-state index in [4.69, 9.17) is 6.42 Å². The van der Waals surface area contributed by atoms with Gasteiger partial charge < -0.3 is 9.88 Å². The maximum absolute atomic E-state index is 12.0. The first-order valence-electron chi connectivity index (χ1n) is 5.20. The van der Waals surface area contributed by atoms with E-state index in [9.17, 15) is 4.79 Å². The first-order valence-corrected chi connectivity index (χ1v) is 5.20. The highest BCUT2D eigenvalue weighted by molar-refractivity contribution is 5.38. The second-order valence-corrected chi connectivity index (χ2v) is 4.48. The summed E-state index contributed by atoms with van der Waals surface area (Å²) in [4.78, 5) is 16.0. The Labute approximate surface area is 95.7 Å². The number of hydrogen-bond acceptors (Lipinski definition) is 3. The number of terminal acetylenes is 1.